The minimum Gasteiger partial charge on any atom is -0.361 e. The van der Waals surface area contributed by atoms with Crippen molar-refractivity contribution in [3.8, 4) is 11.4 Å². The maximum Gasteiger partial charge on any atom is 0.205 e. The molecule has 0 unspecified atom stereocenters. The van der Waals surface area contributed by atoms with Crippen LogP contribution in [-0.2, 0) is 0 Å². The molecule has 1 aromatic carbocycles. The summed E-state index contributed by atoms with van der Waals surface area (Å²) in [6.07, 6.45) is 5.71. The van der Waals surface area contributed by atoms with E-state index in [0.717, 1.165) is 11.1 Å². The topological polar surface area (TPSA) is 64.3 Å². The van der Waals surface area contributed by atoms with Gasteiger partial charge >= 0.3 is 0 Å². The highest BCUT2D eigenvalue weighted by Gasteiger charge is 2.10. The van der Waals surface area contributed by atoms with E-state index in [0.29, 0.717) is 5.82 Å². The van der Waals surface area contributed by atoms with Gasteiger partial charge in [0.2, 0.25) is 5.82 Å². The van der Waals surface area contributed by atoms with Crippen molar-refractivity contribution in [2.24, 2.45) is 0 Å². The lowest BCUT2D eigenvalue weighted by Crippen LogP contribution is -2.10. The molecule has 6 heteroatoms. The van der Waals surface area contributed by atoms with Crippen molar-refractivity contribution < 1.29 is 0 Å². The second kappa shape index (κ2) is 3.81. The third-order valence-electron chi connectivity index (χ3n) is 3.07. The lowest BCUT2D eigenvalue weighted by molar-refractivity contribution is 0.558. The number of rotatable bonds is 2. The Bertz CT molecular complexity index is 824. The van der Waals surface area contributed by atoms with Gasteiger partial charge in [0, 0.05) is 29.7 Å². The molecule has 0 atom stereocenters. The van der Waals surface area contributed by atoms with Crippen LogP contribution >= 0.6 is 0 Å². The van der Waals surface area contributed by atoms with Crippen molar-refractivity contribution in [3.63, 3.8) is 0 Å². The second-order valence-electron chi connectivity index (χ2n) is 4.23. The van der Waals surface area contributed by atoms with Gasteiger partial charge in [-0.25, -0.2) is 4.68 Å². The van der Waals surface area contributed by atoms with E-state index in [1.54, 1.807) is 4.79 Å². The van der Waals surface area contributed by atoms with E-state index in [4.69, 9.17) is 0 Å². The van der Waals surface area contributed by atoms with Gasteiger partial charge in [-0.05, 0) is 40.1 Å². The molecule has 0 aliphatic carbocycles. The van der Waals surface area contributed by atoms with Gasteiger partial charge in [-0.3, -0.25) is 0 Å². The fourth-order valence-electron chi connectivity index (χ4n) is 2.15. The van der Waals surface area contributed by atoms with Crippen molar-refractivity contribution in [1.29, 1.82) is 0 Å². The van der Waals surface area contributed by atoms with Crippen molar-refractivity contribution in [2.45, 2.75) is 0 Å². The molecule has 0 amide bonds. The normalized spacial score (nSPS) is 11.2. The van der Waals surface area contributed by atoms with Gasteiger partial charge in [0.15, 0.2) is 0 Å². The van der Waals surface area contributed by atoms with E-state index in [1.165, 1.54) is 5.39 Å². The number of aromatic amines is 1. The highest BCUT2D eigenvalue weighted by Crippen LogP contribution is 2.21. The Morgan fingerprint density at radius 1 is 1.05 bits per heavy atom. The summed E-state index contributed by atoms with van der Waals surface area (Å²) in [5.74, 6) is 0.702. The third-order valence-corrected chi connectivity index (χ3v) is 3.07. The lowest BCUT2D eigenvalue weighted by Gasteiger charge is -2.05. The molecule has 4 rings (SSSR count). The fraction of sp³-hybridized carbons (Fsp3) is 0. The number of H-pyrrole nitrogens is 1. The Morgan fingerprint density at radius 2 is 1.95 bits per heavy atom. The number of hydrogen-bond donors (Lipinski definition) is 1. The second-order valence-corrected chi connectivity index (χ2v) is 4.23. The van der Waals surface area contributed by atoms with Gasteiger partial charge in [-0.15, -0.1) is 9.89 Å². The van der Waals surface area contributed by atoms with Crippen molar-refractivity contribution in [3.05, 3.63) is 55.0 Å². The monoisotopic (exact) mass is 250 g/mol. The fourth-order valence-corrected chi connectivity index (χ4v) is 2.15. The molecule has 0 aliphatic rings. The first-order chi connectivity index (χ1) is 9.42. The molecule has 0 aliphatic heterocycles. The molecule has 92 valence electrons. The number of benzene rings is 1. The first-order valence-corrected chi connectivity index (χ1v) is 5.91. The molecule has 0 fully saturated rings. The molecule has 0 saturated heterocycles. The zero-order chi connectivity index (χ0) is 12.7. The summed E-state index contributed by atoms with van der Waals surface area (Å²) in [6, 6.07) is 12.0. The summed E-state index contributed by atoms with van der Waals surface area (Å²) in [7, 11) is 0. The third kappa shape index (κ3) is 1.54. The number of aromatic nitrogens is 6. The number of nitrogens with one attached hydrogen (secondary N) is 1. The molecule has 0 radical (unpaired) electrons. The summed E-state index contributed by atoms with van der Waals surface area (Å²) < 4.78 is 1.83. The summed E-state index contributed by atoms with van der Waals surface area (Å²) in [4.78, 5) is 4.85. The zero-order valence-electron chi connectivity index (χ0n) is 9.93. The van der Waals surface area contributed by atoms with Crippen LogP contribution in [0.4, 0.5) is 0 Å². The number of tetrazole rings is 1. The average Bonchev–Trinajstić information content (AvgIpc) is 3.18. The predicted octanol–water partition coefficient (Wildman–Crippen LogP) is 1.93. The molecular formula is C13H10N6. The summed E-state index contributed by atoms with van der Waals surface area (Å²) in [5.41, 5.74) is 2.04. The van der Waals surface area contributed by atoms with E-state index >= 15 is 0 Å². The number of nitrogens with zero attached hydrogens (tertiary/aromatic N) is 5. The van der Waals surface area contributed by atoms with Crippen LogP contribution in [0.5, 0.6) is 0 Å². The zero-order valence-corrected chi connectivity index (χ0v) is 9.93. The van der Waals surface area contributed by atoms with Gasteiger partial charge < -0.3 is 4.98 Å². The maximum atomic E-state index is 4.10. The van der Waals surface area contributed by atoms with E-state index in [1.807, 2.05) is 53.6 Å². The molecule has 0 saturated carbocycles. The first kappa shape index (κ1) is 10.1. The molecule has 1 N–H and O–H groups in total. The summed E-state index contributed by atoms with van der Waals surface area (Å²) >= 11 is 0. The van der Waals surface area contributed by atoms with Crippen LogP contribution in [0, 0.1) is 0 Å². The van der Waals surface area contributed by atoms with Crippen LogP contribution in [0.2, 0.25) is 0 Å². The molecule has 6 nitrogen and oxygen atoms in total. The molecule has 4 aromatic rings. The Kier molecular flexibility index (Phi) is 2.02. The molecule has 19 heavy (non-hydrogen) atoms. The summed E-state index contributed by atoms with van der Waals surface area (Å²) in [5, 5.41) is 13.0. The van der Waals surface area contributed by atoms with Crippen LogP contribution in [0.1, 0.15) is 0 Å². The SMILES string of the molecule is c1ccn(-n2nnnc2-c2ccc3cc[nH]c3c2)c1. The van der Waals surface area contributed by atoms with E-state index < -0.39 is 0 Å². The Morgan fingerprint density at radius 3 is 2.84 bits per heavy atom. The number of fused-ring (bicyclic) bond motifs is 1. The average molecular weight is 250 g/mol. The van der Waals surface area contributed by atoms with Gasteiger partial charge in [0.25, 0.3) is 0 Å². The van der Waals surface area contributed by atoms with Crippen molar-refractivity contribution in [2.75, 3.05) is 0 Å². The molecular weight excluding hydrogens is 240 g/mol. The van der Waals surface area contributed by atoms with Crippen molar-refractivity contribution in [1.82, 2.24) is 30.0 Å². The minimum atomic E-state index is 0.702. The molecule has 3 aromatic heterocycles. The lowest BCUT2D eigenvalue weighted by atomic mass is 10.1. The predicted molar refractivity (Wildman–Crippen MR) is 70.3 cm³/mol. The molecule has 0 spiro atoms. The largest absolute Gasteiger partial charge is 0.361 e. The van der Waals surface area contributed by atoms with Gasteiger partial charge in [-0.2, -0.15) is 0 Å². The summed E-state index contributed by atoms with van der Waals surface area (Å²) in [6.45, 7) is 0. The van der Waals surface area contributed by atoms with E-state index in [9.17, 15) is 0 Å². The smallest absolute Gasteiger partial charge is 0.205 e. The van der Waals surface area contributed by atoms with E-state index in [-0.39, 0.29) is 0 Å². The van der Waals surface area contributed by atoms with Crippen LogP contribution < -0.4 is 0 Å². The highest BCUT2D eigenvalue weighted by molar-refractivity contribution is 5.83. The number of hydrogen-bond acceptors (Lipinski definition) is 3. The van der Waals surface area contributed by atoms with Crippen LogP contribution in [-0.4, -0.2) is 30.0 Å². The Hall–Kier alpha value is -2.89. The highest BCUT2D eigenvalue weighted by atomic mass is 15.7. The maximum absolute atomic E-state index is 4.10. The molecule has 0 bridgehead atoms. The first-order valence-electron chi connectivity index (χ1n) is 5.91. The van der Waals surface area contributed by atoms with Gasteiger partial charge in [0.05, 0.1) is 0 Å². The van der Waals surface area contributed by atoms with Crippen LogP contribution in [0.25, 0.3) is 22.3 Å². The van der Waals surface area contributed by atoms with Crippen LogP contribution in [0.3, 0.4) is 0 Å². The van der Waals surface area contributed by atoms with Gasteiger partial charge in [0.1, 0.15) is 0 Å². The van der Waals surface area contributed by atoms with Gasteiger partial charge in [-0.1, -0.05) is 12.1 Å². The van der Waals surface area contributed by atoms with Crippen LogP contribution in [0.15, 0.2) is 55.0 Å². The Labute approximate surface area is 108 Å². The van der Waals surface area contributed by atoms with Crippen molar-refractivity contribution >= 4 is 10.9 Å². The van der Waals surface area contributed by atoms with E-state index in [2.05, 4.69) is 26.6 Å². The quantitative estimate of drug-likeness (QED) is 0.591. The Balaban J connectivity index is 1.90. The standard InChI is InChI=1S/C13H10N6/c1-2-8-18(7-1)19-13(15-16-17-19)11-4-3-10-5-6-14-12(10)9-11/h1-9,14H. The minimum absolute atomic E-state index is 0.702. The molecule has 3 heterocycles.